The van der Waals surface area contributed by atoms with Crippen LogP contribution in [0, 0.1) is 17.7 Å². The highest BCUT2D eigenvalue weighted by molar-refractivity contribution is 6.30. The Bertz CT molecular complexity index is 1410. The van der Waals surface area contributed by atoms with Gasteiger partial charge in [0.05, 0.1) is 28.9 Å². The molecular formula is C29H24ClF5N2O2. The molecule has 1 aliphatic rings. The van der Waals surface area contributed by atoms with E-state index in [1.54, 1.807) is 55.5 Å². The van der Waals surface area contributed by atoms with E-state index in [0.717, 1.165) is 11.6 Å². The number of alkyl halides is 3. The molecule has 204 valence electrons. The van der Waals surface area contributed by atoms with Crippen LogP contribution in [0.1, 0.15) is 34.1 Å². The molecule has 1 N–H and O–H groups in total. The monoisotopic (exact) mass is 562 g/mol. The fourth-order valence-electron chi connectivity index (χ4n) is 4.79. The summed E-state index contributed by atoms with van der Waals surface area (Å²) in [7, 11) is 1.37. The Morgan fingerprint density at radius 3 is 2.41 bits per heavy atom. The van der Waals surface area contributed by atoms with Crippen LogP contribution in [0.25, 0.3) is 0 Å². The number of amides is 1. The molecule has 0 aliphatic heterocycles. The molecule has 0 saturated carbocycles. The number of rotatable bonds is 7. The van der Waals surface area contributed by atoms with Crippen molar-refractivity contribution in [2.45, 2.75) is 25.1 Å². The van der Waals surface area contributed by atoms with Crippen LogP contribution >= 0.6 is 11.6 Å². The molecular weight excluding hydrogens is 539 g/mol. The lowest BCUT2D eigenvalue weighted by Crippen LogP contribution is -2.55. The third-order valence-corrected chi connectivity index (χ3v) is 7.01. The van der Waals surface area contributed by atoms with Gasteiger partial charge in [0.15, 0.2) is 0 Å². The summed E-state index contributed by atoms with van der Waals surface area (Å²) in [4.78, 5) is 18.1. The van der Waals surface area contributed by atoms with Crippen LogP contribution in [-0.2, 0) is 22.9 Å². The Hall–Kier alpha value is -3.72. The largest absolute Gasteiger partial charge is 0.497 e. The molecule has 3 unspecified atom stereocenters. The number of pyridine rings is 1. The first kappa shape index (κ1) is 28.3. The zero-order valence-corrected chi connectivity index (χ0v) is 21.7. The number of methoxy groups -OCH3 is 1. The van der Waals surface area contributed by atoms with E-state index in [9.17, 15) is 22.4 Å². The van der Waals surface area contributed by atoms with Crippen LogP contribution in [-0.4, -0.2) is 18.0 Å². The maximum Gasteiger partial charge on any atom is 0.419 e. The minimum absolute atomic E-state index is 0.0807. The lowest BCUT2D eigenvalue weighted by molar-refractivity contribution is -0.140. The highest BCUT2D eigenvalue weighted by atomic mass is 35.5. The van der Waals surface area contributed by atoms with Crippen molar-refractivity contribution in [2.75, 3.05) is 7.11 Å². The number of ether oxygens (including phenoxy) is 1. The lowest BCUT2D eigenvalue weighted by Gasteiger charge is -2.44. The first-order chi connectivity index (χ1) is 18.4. The smallest absolute Gasteiger partial charge is 0.419 e. The van der Waals surface area contributed by atoms with E-state index in [1.165, 1.54) is 19.4 Å². The number of halogens is 6. The van der Waals surface area contributed by atoms with Crippen molar-refractivity contribution < 1.29 is 31.5 Å². The van der Waals surface area contributed by atoms with Gasteiger partial charge in [-0.2, -0.15) is 13.2 Å². The molecule has 2 aromatic carbocycles. The molecule has 4 rings (SSSR count). The summed E-state index contributed by atoms with van der Waals surface area (Å²) in [6, 6.07) is 14.1. The van der Waals surface area contributed by atoms with Gasteiger partial charge in [-0.25, -0.2) is 8.78 Å². The standard InChI is InChI=1S/C29H24ClF5N2O2/c1-17-22(13-21(39-2)14-25(17)32)28(15-18-6-4-3-5-7-18,26-11-9-20(30)16-36-26)37-27(38)19-8-10-24(31)23(12-19)29(33,34)35/h3-14,16-17,22H,15H2,1-2H3,(H,37,38). The van der Waals surface area contributed by atoms with Gasteiger partial charge in [0.25, 0.3) is 5.91 Å². The number of carbonyl (C=O) groups is 1. The summed E-state index contributed by atoms with van der Waals surface area (Å²) < 4.78 is 74.8. The molecule has 4 nitrogen and oxygen atoms in total. The summed E-state index contributed by atoms with van der Waals surface area (Å²) in [5.74, 6) is -4.34. The summed E-state index contributed by atoms with van der Waals surface area (Å²) in [5.41, 5.74) is -2.47. The number of aromatic nitrogens is 1. The summed E-state index contributed by atoms with van der Waals surface area (Å²) >= 11 is 6.09. The van der Waals surface area contributed by atoms with E-state index in [4.69, 9.17) is 16.3 Å². The van der Waals surface area contributed by atoms with Gasteiger partial charge in [0.2, 0.25) is 0 Å². The molecule has 0 radical (unpaired) electrons. The molecule has 0 fully saturated rings. The van der Waals surface area contributed by atoms with Crippen LogP contribution in [0.3, 0.4) is 0 Å². The van der Waals surface area contributed by atoms with E-state index in [-0.39, 0.29) is 12.2 Å². The van der Waals surface area contributed by atoms with Gasteiger partial charge in [0.1, 0.15) is 17.4 Å². The van der Waals surface area contributed by atoms with Crippen LogP contribution in [0.15, 0.2) is 90.6 Å². The minimum atomic E-state index is -5.01. The molecule has 1 amide bonds. The van der Waals surface area contributed by atoms with Crippen LogP contribution in [0.5, 0.6) is 0 Å². The molecule has 3 atom stereocenters. The Morgan fingerprint density at radius 2 is 1.79 bits per heavy atom. The Kier molecular flexibility index (Phi) is 8.11. The molecule has 0 bridgehead atoms. The van der Waals surface area contributed by atoms with E-state index in [0.29, 0.717) is 22.8 Å². The Labute approximate surface area is 227 Å². The quantitative estimate of drug-likeness (QED) is 0.305. The third-order valence-electron chi connectivity index (χ3n) is 6.78. The van der Waals surface area contributed by atoms with Gasteiger partial charge in [0, 0.05) is 36.1 Å². The van der Waals surface area contributed by atoms with E-state index < -0.39 is 52.2 Å². The second-order valence-electron chi connectivity index (χ2n) is 9.26. The van der Waals surface area contributed by atoms with E-state index >= 15 is 4.39 Å². The van der Waals surface area contributed by atoms with Crippen LogP contribution in [0.2, 0.25) is 5.02 Å². The molecule has 1 aromatic heterocycles. The Balaban J connectivity index is 1.92. The number of hydrogen-bond acceptors (Lipinski definition) is 3. The fraction of sp³-hybridized carbons (Fsp3) is 0.241. The van der Waals surface area contributed by atoms with Gasteiger partial charge in [-0.1, -0.05) is 48.9 Å². The topological polar surface area (TPSA) is 51.2 Å². The first-order valence-corrected chi connectivity index (χ1v) is 12.3. The second-order valence-corrected chi connectivity index (χ2v) is 9.70. The van der Waals surface area contributed by atoms with Crippen molar-refractivity contribution >= 4 is 17.5 Å². The average Bonchev–Trinajstić information content (AvgIpc) is 2.90. The number of carbonyl (C=O) groups excluding carboxylic acids is 1. The molecule has 0 saturated heterocycles. The number of nitrogens with one attached hydrogen (secondary N) is 1. The van der Waals surface area contributed by atoms with Crippen LogP contribution < -0.4 is 5.32 Å². The van der Waals surface area contributed by atoms with E-state index in [1.807, 2.05) is 0 Å². The van der Waals surface area contributed by atoms with Gasteiger partial charge in [-0.3, -0.25) is 9.78 Å². The molecule has 10 heteroatoms. The van der Waals surface area contributed by atoms with Crippen molar-refractivity contribution in [3.63, 3.8) is 0 Å². The predicted molar refractivity (Wildman–Crippen MR) is 137 cm³/mol. The summed E-state index contributed by atoms with van der Waals surface area (Å²) in [6.07, 6.45) is -0.679. The van der Waals surface area contributed by atoms with Crippen molar-refractivity contribution in [1.82, 2.24) is 10.3 Å². The van der Waals surface area contributed by atoms with Gasteiger partial charge in [-0.15, -0.1) is 0 Å². The van der Waals surface area contributed by atoms with Crippen molar-refractivity contribution in [2.24, 2.45) is 11.8 Å². The highest BCUT2D eigenvalue weighted by Crippen LogP contribution is 2.44. The van der Waals surface area contributed by atoms with Gasteiger partial charge in [-0.05, 0) is 42.0 Å². The SMILES string of the molecule is COC1=CC(C(Cc2ccccc2)(NC(=O)c2ccc(F)c(C(F)(F)F)c2)c2ccc(Cl)cn2)C(C)C(F)=C1. The lowest BCUT2D eigenvalue weighted by atomic mass is 9.68. The third kappa shape index (κ3) is 5.98. The molecule has 0 spiro atoms. The maximum absolute atomic E-state index is 15.2. The normalized spacial score (nSPS) is 19.0. The highest BCUT2D eigenvalue weighted by Gasteiger charge is 2.47. The zero-order chi connectivity index (χ0) is 28.4. The molecule has 1 heterocycles. The number of benzene rings is 2. The molecule has 39 heavy (non-hydrogen) atoms. The average molecular weight is 563 g/mol. The van der Waals surface area contributed by atoms with Crippen molar-refractivity contribution in [3.05, 3.63) is 124 Å². The molecule has 1 aliphatic carbocycles. The Morgan fingerprint density at radius 1 is 1.08 bits per heavy atom. The first-order valence-electron chi connectivity index (χ1n) is 11.9. The van der Waals surface area contributed by atoms with Crippen molar-refractivity contribution in [1.29, 1.82) is 0 Å². The fourth-order valence-corrected chi connectivity index (χ4v) is 4.90. The van der Waals surface area contributed by atoms with E-state index in [2.05, 4.69) is 10.3 Å². The predicted octanol–water partition coefficient (Wildman–Crippen LogP) is 7.41. The van der Waals surface area contributed by atoms with Crippen molar-refractivity contribution in [3.8, 4) is 0 Å². The minimum Gasteiger partial charge on any atom is -0.497 e. The maximum atomic E-state index is 15.2. The van der Waals surface area contributed by atoms with Gasteiger partial charge < -0.3 is 10.1 Å². The number of allylic oxidation sites excluding steroid dienone is 2. The summed E-state index contributed by atoms with van der Waals surface area (Å²) in [5, 5.41) is 3.17. The summed E-state index contributed by atoms with van der Waals surface area (Å²) in [6.45, 7) is 1.63. The second kappa shape index (κ2) is 11.2. The zero-order valence-electron chi connectivity index (χ0n) is 20.9. The van der Waals surface area contributed by atoms with Gasteiger partial charge >= 0.3 is 6.18 Å². The number of nitrogens with zero attached hydrogens (tertiary/aromatic N) is 1. The number of hydrogen-bond donors (Lipinski definition) is 1. The van der Waals surface area contributed by atoms with Crippen LogP contribution in [0.4, 0.5) is 22.0 Å². The molecule has 3 aromatic rings.